The normalized spacial score (nSPS) is 11.4. The van der Waals surface area contributed by atoms with E-state index in [1.54, 1.807) is 0 Å². The first-order chi connectivity index (χ1) is 6.36. The lowest BCUT2D eigenvalue weighted by Gasteiger charge is -2.07. The van der Waals surface area contributed by atoms with Gasteiger partial charge in [0.25, 0.3) is 0 Å². The third-order valence-electron chi connectivity index (χ3n) is 1.79. The van der Waals surface area contributed by atoms with Crippen LogP contribution in [0.2, 0.25) is 0 Å². The van der Waals surface area contributed by atoms with Gasteiger partial charge < -0.3 is 10.5 Å². The molecule has 0 saturated heterocycles. The average Bonchev–Trinajstić information content (AvgIpc) is 2.06. The van der Waals surface area contributed by atoms with E-state index in [2.05, 4.69) is 0 Å². The van der Waals surface area contributed by atoms with Crippen molar-refractivity contribution in [1.29, 1.82) is 0 Å². The summed E-state index contributed by atoms with van der Waals surface area (Å²) in [7, 11) is -3.32. The Labute approximate surface area is 81.7 Å². The van der Waals surface area contributed by atoms with Gasteiger partial charge in [-0.1, -0.05) is 0 Å². The third-order valence-corrected chi connectivity index (χ3v) is 2.76. The maximum absolute atomic E-state index is 12.7. The number of nitrogen functional groups attached to an aromatic ring is 1. The van der Waals surface area contributed by atoms with Crippen molar-refractivity contribution < 1.29 is 17.0 Å². The highest BCUT2D eigenvalue weighted by Crippen LogP contribution is 2.28. The lowest BCUT2D eigenvalue weighted by Crippen LogP contribution is -2.00. The number of anilines is 1. The summed E-state index contributed by atoms with van der Waals surface area (Å²) in [5, 5.41) is 0. The molecule has 0 atom stereocenters. The van der Waals surface area contributed by atoms with Gasteiger partial charge in [0.1, 0.15) is 10.6 Å². The Morgan fingerprint density at radius 3 is 2.43 bits per heavy atom. The fraction of sp³-hybridized carbons (Fsp3) is 0.250. The number of hydrogen-bond donors (Lipinski definition) is 1. The molecule has 0 radical (unpaired) electrons. The summed E-state index contributed by atoms with van der Waals surface area (Å²) in [5.74, 6) is 0.329. The van der Waals surface area contributed by atoms with Crippen LogP contribution in [0, 0.1) is 6.92 Å². The summed E-state index contributed by atoms with van der Waals surface area (Å²) >= 11 is 0. The minimum atomic E-state index is -4.72. The second kappa shape index (κ2) is 3.45. The predicted molar refractivity (Wildman–Crippen MR) is 50.4 cm³/mol. The Kier molecular flexibility index (Phi) is 2.66. The number of aryl methyl sites for hydroxylation is 1. The molecule has 2 N–H and O–H groups in total. The summed E-state index contributed by atoms with van der Waals surface area (Å²) in [6.07, 6.45) is 0. The summed E-state index contributed by atoms with van der Waals surface area (Å²) in [6, 6.07) is 2.42. The molecule has 78 valence electrons. The largest absolute Gasteiger partial charge is 0.495 e. The molecule has 0 aromatic heterocycles. The molecular weight excluding hydrogens is 209 g/mol. The number of benzene rings is 1. The minimum absolute atomic E-state index is 0.0920. The van der Waals surface area contributed by atoms with Crippen molar-refractivity contribution in [3.05, 3.63) is 17.7 Å². The molecule has 1 aromatic carbocycles. The minimum Gasteiger partial charge on any atom is -0.495 e. The molecule has 0 aliphatic heterocycles. The number of ether oxygens (including phenoxy) is 1. The first-order valence-electron chi connectivity index (χ1n) is 3.75. The van der Waals surface area contributed by atoms with E-state index in [0.717, 1.165) is 6.07 Å². The van der Waals surface area contributed by atoms with Crippen LogP contribution in [0.3, 0.4) is 0 Å². The molecule has 1 aromatic rings. The van der Waals surface area contributed by atoms with E-state index in [1.807, 2.05) is 0 Å². The molecule has 0 aliphatic carbocycles. The number of hydrogen-bond acceptors (Lipinski definition) is 4. The zero-order chi connectivity index (χ0) is 10.9. The molecule has 1 rings (SSSR count). The quantitative estimate of drug-likeness (QED) is 0.600. The fourth-order valence-corrected chi connectivity index (χ4v) is 1.83. The molecule has 0 aliphatic rings. The van der Waals surface area contributed by atoms with Crippen molar-refractivity contribution >= 4 is 15.9 Å². The van der Waals surface area contributed by atoms with Gasteiger partial charge in [0, 0.05) is 0 Å². The predicted octanol–water partition coefficient (Wildman–Crippen LogP) is 1.24. The molecule has 0 amide bonds. The van der Waals surface area contributed by atoms with Crippen molar-refractivity contribution in [3.63, 3.8) is 0 Å². The zero-order valence-electron chi connectivity index (χ0n) is 7.74. The van der Waals surface area contributed by atoms with Crippen LogP contribution in [-0.4, -0.2) is 15.5 Å². The Bertz CT molecular complexity index is 456. The molecule has 4 nitrogen and oxygen atoms in total. The van der Waals surface area contributed by atoms with Gasteiger partial charge in [-0.25, -0.2) is 0 Å². The van der Waals surface area contributed by atoms with Crippen LogP contribution in [0.5, 0.6) is 5.75 Å². The van der Waals surface area contributed by atoms with Gasteiger partial charge in [0.15, 0.2) is 0 Å². The van der Waals surface area contributed by atoms with Gasteiger partial charge in [-0.15, -0.1) is 3.89 Å². The van der Waals surface area contributed by atoms with Crippen LogP contribution in [0.25, 0.3) is 0 Å². The zero-order valence-corrected chi connectivity index (χ0v) is 8.56. The molecule has 0 heterocycles. The maximum atomic E-state index is 12.7. The van der Waals surface area contributed by atoms with Crippen LogP contribution < -0.4 is 10.5 Å². The van der Waals surface area contributed by atoms with Gasteiger partial charge >= 0.3 is 10.2 Å². The maximum Gasteiger partial charge on any atom is 0.332 e. The van der Waals surface area contributed by atoms with Crippen LogP contribution in [-0.2, 0) is 10.2 Å². The number of rotatable bonds is 2. The summed E-state index contributed by atoms with van der Waals surface area (Å²) < 4.78 is 38.8. The molecular formula is C8H10FNO3S. The van der Waals surface area contributed by atoms with E-state index >= 15 is 0 Å². The number of methoxy groups -OCH3 is 1. The Hall–Kier alpha value is -1.30. The summed E-state index contributed by atoms with van der Waals surface area (Å²) in [4.78, 5) is -0.421. The summed E-state index contributed by atoms with van der Waals surface area (Å²) in [6.45, 7) is 1.47. The van der Waals surface area contributed by atoms with E-state index in [9.17, 15) is 12.3 Å². The van der Waals surface area contributed by atoms with Crippen LogP contribution in [0.15, 0.2) is 17.0 Å². The number of nitrogens with two attached hydrogens (primary N) is 1. The van der Waals surface area contributed by atoms with Crippen molar-refractivity contribution in [2.75, 3.05) is 12.8 Å². The molecule has 0 spiro atoms. The van der Waals surface area contributed by atoms with Crippen LogP contribution in [0.4, 0.5) is 9.57 Å². The third kappa shape index (κ3) is 1.95. The van der Waals surface area contributed by atoms with Crippen molar-refractivity contribution in [2.24, 2.45) is 0 Å². The molecule has 0 unspecified atom stereocenters. The highest BCUT2D eigenvalue weighted by molar-refractivity contribution is 7.86. The van der Waals surface area contributed by atoms with Crippen LogP contribution >= 0.6 is 0 Å². The first-order valence-corrected chi connectivity index (χ1v) is 5.13. The standard InChI is InChI=1S/C8H10FNO3S/c1-5-3-7(13-2)6(10)4-8(5)14(9,11)12/h3-4H,10H2,1-2H3. The lowest BCUT2D eigenvalue weighted by molar-refractivity contribution is 0.416. The molecule has 0 saturated carbocycles. The monoisotopic (exact) mass is 219 g/mol. The Morgan fingerprint density at radius 2 is 2.00 bits per heavy atom. The molecule has 0 fully saturated rings. The van der Waals surface area contributed by atoms with E-state index in [1.165, 1.54) is 20.1 Å². The van der Waals surface area contributed by atoms with Gasteiger partial charge in [0.2, 0.25) is 0 Å². The van der Waals surface area contributed by atoms with E-state index in [0.29, 0.717) is 5.75 Å². The second-order valence-electron chi connectivity index (χ2n) is 2.80. The van der Waals surface area contributed by atoms with Gasteiger partial charge in [0.05, 0.1) is 12.8 Å². The number of halogens is 1. The van der Waals surface area contributed by atoms with Crippen molar-refractivity contribution in [2.45, 2.75) is 11.8 Å². The Balaban J connectivity index is 3.44. The molecule has 6 heteroatoms. The first kappa shape index (κ1) is 10.8. The van der Waals surface area contributed by atoms with Crippen molar-refractivity contribution in [3.8, 4) is 5.75 Å². The molecule has 14 heavy (non-hydrogen) atoms. The highest BCUT2D eigenvalue weighted by atomic mass is 32.3. The van der Waals surface area contributed by atoms with Gasteiger partial charge in [-0.3, -0.25) is 0 Å². The lowest BCUT2D eigenvalue weighted by atomic mass is 10.2. The Morgan fingerprint density at radius 1 is 1.43 bits per heavy atom. The van der Waals surface area contributed by atoms with E-state index in [-0.39, 0.29) is 11.3 Å². The second-order valence-corrected chi connectivity index (χ2v) is 4.11. The SMILES string of the molecule is COc1cc(C)c(S(=O)(=O)F)cc1N. The van der Waals surface area contributed by atoms with Gasteiger partial charge in [-0.2, -0.15) is 8.42 Å². The topological polar surface area (TPSA) is 69.4 Å². The average molecular weight is 219 g/mol. The fourth-order valence-electron chi connectivity index (χ4n) is 1.12. The van der Waals surface area contributed by atoms with Crippen molar-refractivity contribution in [1.82, 2.24) is 0 Å². The van der Waals surface area contributed by atoms with E-state index < -0.39 is 15.1 Å². The highest BCUT2D eigenvalue weighted by Gasteiger charge is 2.17. The smallest absolute Gasteiger partial charge is 0.332 e. The molecule has 0 bridgehead atoms. The van der Waals surface area contributed by atoms with Gasteiger partial charge in [-0.05, 0) is 24.6 Å². The van der Waals surface area contributed by atoms with E-state index in [4.69, 9.17) is 10.5 Å². The van der Waals surface area contributed by atoms with Crippen LogP contribution in [0.1, 0.15) is 5.56 Å². The summed E-state index contributed by atoms with van der Waals surface area (Å²) in [5.41, 5.74) is 5.80.